The maximum Gasteiger partial charge on any atom is 0.223 e. The third kappa shape index (κ3) is 3.97. The van der Waals surface area contributed by atoms with Crippen molar-refractivity contribution in [3.63, 3.8) is 0 Å². The standard InChI is InChI=1S/C17H25NO3/c1-3-11-17(20)12-18(13-17)16(19)10-9-14-7-5-6-8-15(14)21-4-2/h5-8,20H,3-4,9-13H2,1-2H3. The molecule has 4 nitrogen and oxygen atoms in total. The molecule has 0 aliphatic carbocycles. The molecule has 1 saturated heterocycles. The van der Waals surface area contributed by atoms with Crippen LogP contribution in [0.25, 0.3) is 0 Å². The third-order valence-corrected chi connectivity index (χ3v) is 3.92. The first-order valence-electron chi connectivity index (χ1n) is 7.79. The molecule has 1 amide bonds. The number of amides is 1. The Bertz CT molecular complexity index is 481. The summed E-state index contributed by atoms with van der Waals surface area (Å²) in [5, 5.41) is 10.1. The third-order valence-electron chi connectivity index (χ3n) is 3.92. The zero-order valence-corrected chi connectivity index (χ0v) is 13.0. The number of para-hydroxylation sites is 1. The number of aliphatic hydroxyl groups is 1. The van der Waals surface area contributed by atoms with Crippen LogP contribution in [0.3, 0.4) is 0 Å². The summed E-state index contributed by atoms with van der Waals surface area (Å²) in [5.74, 6) is 0.973. The number of rotatable bonds is 7. The summed E-state index contributed by atoms with van der Waals surface area (Å²) in [4.78, 5) is 13.9. The number of β-amino-alcohol motifs (C(OH)–C–C–N with tert-alkyl or cyclic N) is 1. The van der Waals surface area contributed by atoms with Gasteiger partial charge in [-0.1, -0.05) is 31.5 Å². The Kier molecular flexibility index (Phi) is 5.23. The van der Waals surface area contributed by atoms with E-state index in [0.717, 1.165) is 24.2 Å². The predicted molar refractivity (Wildman–Crippen MR) is 82.4 cm³/mol. The van der Waals surface area contributed by atoms with Gasteiger partial charge in [-0.25, -0.2) is 0 Å². The first-order valence-corrected chi connectivity index (χ1v) is 7.79. The number of hydrogen-bond acceptors (Lipinski definition) is 3. The van der Waals surface area contributed by atoms with E-state index in [0.29, 0.717) is 32.5 Å². The molecular weight excluding hydrogens is 266 g/mol. The SMILES string of the molecule is CCCC1(O)CN(C(=O)CCc2ccccc2OCC)C1. The van der Waals surface area contributed by atoms with Crippen molar-refractivity contribution in [1.82, 2.24) is 4.90 Å². The lowest BCUT2D eigenvalue weighted by atomic mass is 9.89. The summed E-state index contributed by atoms with van der Waals surface area (Å²) in [6, 6.07) is 7.84. The Morgan fingerprint density at radius 1 is 1.33 bits per heavy atom. The Morgan fingerprint density at radius 2 is 2.05 bits per heavy atom. The summed E-state index contributed by atoms with van der Waals surface area (Å²) in [6.45, 7) is 5.59. The second-order valence-corrected chi connectivity index (χ2v) is 5.76. The number of hydrogen-bond donors (Lipinski definition) is 1. The smallest absolute Gasteiger partial charge is 0.223 e. The second kappa shape index (κ2) is 6.94. The molecule has 0 aromatic heterocycles. The largest absolute Gasteiger partial charge is 0.494 e. The maximum atomic E-state index is 12.1. The van der Waals surface area contributed by atoms with Crippen LogP contribution in [-0.2, 0) is 11.2 Å². The van der Waals surface area contributed by atoms with Crippen molar-refractivity contribution in [2.75, 3.05) is 19.7 Å². The Morgan fingerprint density at radius 3 is 2.71 bits per heavy atom. The summed E-state index contributed by atoms with van der Waals surface area (Å²) in [5.41, 5.74) is 0.422. The Hall–Kier alpha value is -1.55. The second-order valence-electron chi connectivity index (χ2n) is 5.76. The fourth-order valence-corrected chi connectivity index (χ4v) is 2.87. The van der Waals surface area contributed by atoms with Crippen molar-refractivity contribution in [1.29, 1.82) is 0 Å². The van der Waals surface area contributed by atoms with Crippen molar-refractivity contribution in [3.05, 3.63) is 29.8 Å². The Labute approximate surface area is 126 Å². The van der Waals surface area contributed by atoms with Gasteiger partial charge in [0, 0.05) is 6.42 Å². The van der Waals surface area contributed by atoms with Crippen LogP contribution in [0.1, 0.15) is 38.7 Å². The molecule has 116 valence electrons. The van der Waals surface area contributed by atoms with Crippen LogP contribution in [0.5, 0.6) is 5.75 Å². The minimum absolute atomic E-state index is 0.113. The topological polar surface area (TPSA) is 49.8 Å². The number of likely N-dealkylation sites (tertiary alicyclic amines) is 1. The van der Waals surface area contributed by atoms with Gasteiger partial charge in [0.15, 0.2) is 0 Å². The number of nitrogens with zero attached hydrogens (tertiary/aromatic N) is 1. The highest BCUT2D eigenvalue weighted by molar-refractivity contribution is 5.77. The van der Waals surface area contributed by atoms with E-state index >= 15 is 0 Å². The molecule has 1 aromatic rings. The van der Waals surface area contributed by atoms with E-state index in [4.69, 9.17) is 4.74 Å². The fraction of sp³-hybridized carbons (Fsp3) is 0.588. The van der Waals surface area contributed by atoms with Crippen LogP contribution < -0.4 is 4.74 Å². The molecule has 1 N–H and O–H groups in total. The quantitative estimate of drug-likeness (QED) is 0.839. The molecule has 0 unspecified atom stereocenters. The lowest BCUT2D eigenvalue weighted by Gasteiger charge is -2.46. The number of carbonyl (C=O) groups is 1. The summed E-state index contributed by atoms with van der Waals surface area (Å²) < 4.78 is 5.57. The van der Waals surface area contributed by atoms with Crippen LogP contribution in [0.4, 0.5) is 0 Å². The first kappa shape index (κ1) is 15.8. The number of benzene rings is 1. The van der Waals surface area contributed by atoms with Gasteiger partial charge in [0.25, 0.3) is 0 Å². The highest BCUT2D eigenvalue weighted by Gasteiger charge is 2.42. The first-order chi connectivity index (χ1) is 10.1. The van der Waals surface area contributed by atoms with Crippen LogP contribution in [0.15, 0.2) is 24.3 Å². The van der Waals surface area contributed by atoms with E-state index in [-0.39, 0.29) is 5.91 Å². The lowest BCUT2D eigenvalue weighted by Crippen LogP contribution is -2.63. The van der Waals surface area contributed by atoms with Gasteiger partial charge in [0.05, 0.1) is 25.3 Å². The molecule has 1 fully saturated rings. The van der Waals surface area contributed by atoms with E-state index in [1.807, 2.05) is 38.1 Å². The normalized spacial score (nSPS) is 16.4. The van der Waals surface area contributed by atoms with Crippen LogP contribution in [0, 0.1) is 0 Å². The molecule has 0 bridgehead atoms. The molecule has 2 rings (SSSR count). The fourth-order valence-electron chi connectivity index (χ4n) is 2.87. The minimum atomic E-state index is -0.645. The Balaban J connectivity index is 1.83. The number of aryl methyl sites for hydroxylation is 1. The van der Waals surface area contributed by atoms with Gasteiger partial charge in [-0.05, 0) is 31.4 Å². The van der Waals surface area contributed by atoms with E-state index in [1.54, 1.807) is 4.90 Å². The highest BCUT2D eigenvalue weighted by atomic mass is 16.5. The van der Waals surface area contributed by atoms with E-state index in [2.05, 4.69) is 0 Å². The summed E-state index contributed by atoms with van der Waals surface area (Å²) in [7, 11) is 0. The van der Waals surface area contributed by atoms with Crippen LogP contribution in [-0.4, -0.2) is 41.2 Å². The van der Waals surface area contributed by atoms with E-state index in [1.165, 1.54) is 0 Å². The van der Waals surface area contributed by atoms with E-state index in [9.17, 15) is 9.90 Å². The summed E-state index contributed by atoms with van der Waals surface area (Å²) in [6.07, 6.45) is 2.86. The predicted octanol–water partition coefficient (Wildman–Crippen LogP) is 2.39. The zero-order chi connectivity index (χ0) is 15.3. The van der Waals surface area contributed by atoms with Crippen LogP contribution >= 0.6 is 0 Å². The molecule has 1 aliphatic rings. The highest BCUT2D eigenvalue weighted by Crippen LogP contribution is 2.27. The molecule has 0 atom stereocenters. The van der Waals surface area contributed by atoms with Crippen LogP contribution in [0.2, 0.25) is 0 Å². The minimum Gasteiger partial charge on any atom is -0.494 e. The van der Waals surface area contributed by atoms with Gasteiger partial charge < -0.3 is 14.7 Å². The molecule has 1 heterocycles. The molecule has 0 radical (unpaired) electrons. The van der Waals surface area contributed by atoms with Gasteiger partial charge in [-0.2, -0.15) is 0 Å². The average molecular weight is 291 g/mol. The van der Waals surface area contributed by atoms with Crippen molar-refractivity contribution >= 4 is 5.91 Å². The van der Waals surface area contributed by atoms with Crippen molar-refractivity contribution in [2.45, 2.75) is 45.1 Å². The van der Waals surface area contributed by atoms with E-state index < -0.39 is 5.60 Å². The van der Waals surface area contributed by atoms with Crippen molar-refractivity contribution < 1.29 is 14.6 Å². The van der Waals surface area contributed by atoms with Crippen molar-refractivity contribution in [2.24, 2.45) is 0 Å². The van der Waals surface area contributed by atoms with Gasteiger partial charge in [0.2, 0.25) is 5.91 Å². The van der Waals surface area contributed by atoms with Gasteiger partial charge in [-0.15, -0.1) is 0 Å². The van der Waals surface area contributed by atoms with Gasteiger partial charge in [-0.3, -0.25) is 4.79 Å². The monoisotopic (exact) mass is 291 g/mol. The maximum absolute atomic E-state index is 12.1. The van der Waals surface area contributed by atoms with Gasteiger partial charge >= 0.3 is 0 Å². The molecular formula is C17H25NO3. The molecule has 0 saturated carbocycles. The zero-order valence-electron chi connectivity index (χ0n) is 13.0. The number of carbonyl (C=O) groups excluding carboxylic acids is 1. The molecule has 4 heteroatoms. The lowest BCUT2D eigenvalue weighted by molar-refractivity contribution is -0.156. The molecule has 0 spiro atoms. The molecule has 1 aliphatic heterocycles. The average Bonchev–Trinajstić information content (AvgIpc) is 2.44. The molecule has 21 heavy (non-hydrogen) atoms. The van der Waals surface area contributed by atoms with Gasteiger partial charge in [0.1, 0.15) is 5.75 Å². The number of ether oxygens (including phenoxy) is 1. The summed E-state index contributed by atoms with van der Waals surface area (Å²) >= 11 is 0. The van der Waals surface area contributed by atoms with Crippen molar-refractivity contribution in [3.8, 4) is 5.75 Å². The molecule has 1 aromatic carbocycles.